The average Bonchev–Trinajstić information content (AvgIpc) is 2.27. The lowest BCUT2D eigenvalue weighted by Gasteiger charge is -2.27. The molecule has 0 radical (unpaired) electrons. The summed E-state index contributed by atoms with van der Waals surface area (Å²) >= 11 is 0. The smallest absolute Gasteiger partial charge is 0.166 e. The number of benzene rings is 1. The van der Waals surface area contributed by atoms with Crippen LogP contribution in [0.1, 0.15) is 17.2 Å². The van der Waals surface area contributed by atoms with Gasteiger partial charge in [0, 0.05) is 5.56 Å². The van der Waals surface area contributed by atoms with E-state index in [4.69, 9.17) is 4.74 Å². The van der Waals surface area contributed by atoms with Crippen LogP contribution in [0, 0.1) is 0 Å². The zero-order valence-electron chi connectivity index (χ0n) is 9.71. The zero-order valence-corrected chi connectivity index (χ0v) is 9.71. The number of methoxy groups -OCH3 is 1. The highest BCUT2D eigenvalue weighted by molar-refractivity contribution is 5.42. The second-order valence-corrected chi connectivity index (χ2v) is 4.39. The van der Waals surface area contributed by atoms with Crippen LogP contribution in [0.15, 0.2) is 18.2 Å². The summed E-state index contributed by atoms with van der Waals surface area (Å²) in [5, 5.41) is 2.37. The van der Waals surface area contributed by atoms with Crippen molar-refractivity contribution in [2.75, 3.05) is 27.7 Å². The first-order valence-corrected chi connectivity index (χ1v) is 5.51. The Labute approximate surface area is 91.0 Å². The van der Waals surface area contributed by atoms with Crippen LogP contribution < -0.4 is 15.0 Å². The molecule has 0 fully saturated rings. The van der Waals surface area contributed by atoms with E-state index in [2.05, 4.69) is 37.6 Å². The first-order chi connectivity index (χ1) is 7.24. The SMILES string of the molecule is COc1cccc2c1[C@@H]([NH+](C)C)C[NH2+]C2. The zero-order chi connectivity index (χ0) is 10.8. The molecule has 0 spiro atoms. The Bertz CT molecular complexity index is 335. The maximum atomic E-state index is 5.47. The highest BCUT2D eigenvalue weighted by Gasteiger charge is 2.30. The number of quaternary nitrogens is 2. The van der Waals surface area contributed by atoms with Crippen LogP contribution in [0.2, 0.25) is 0 Å². The van der Waals surface area contributed by atoms with Crippen molar-refractivity contribution in [2.45, 2.75) is 12.6 Å². The summed E-state index contributed by atoms with van der Waals surface area (Å²) < 4.78 is 5.47. The molecule has 0 aliphatic carbocycles. The minimum absolute atomic E-state index is 0.546. The largest absolute Gasteiger partial charge is 0.496 e. The summed E-state index contributed by atoms with van der Waals surface area (Å²) in [5.41, 5.74) is 2.83. The molecule has 1 aromatic rings. The Morgan fingerprint density at radius 1 is 1.40 bits per heavy atom. The van der Waals surface area contributed by atoms with Crippen molar-refractivity contribution in [2.24, 2.45) is 0 Å². The lowest BCUT2D eigenvalue weighted by atomic mass is 9.95. The van der Waals surface area contributed by atoms with Gasteiger partial charge in [-0.15, -0.1) is 0 Å². The predicted octanol–water partition coefficient (Wildman–Crippen LogP) is -1.04. The highest BCUT2D eigenvalue weighted by Crippen LogP contribution is 2.27. The summed E-state index contributed by atoms with van der Waals surface area (Å²) in [5.74, 6) is 1.05. The van der Waals surface area contributed by atoms with Crippen molar-refractivity contribution in [1.82, 2.24) is 0 Å². The number of hydrogen-bond donors (Lipinski definition) is 2. The number of likely N-dealkylation sites (N-methyl/N-ethyl adjacent to an activating group) is 1. The van der Waals surface area contributed by atoms with Gasteiger partial charge in [-0.3, -0.25) is 0 Å². The lowest BCUT2D eigenvalue weighted by Crippen LogP contribution is -3.10. The van der Waals surface area contributed by atoms with Crippen LogP contribution in [0.3, 0.4) is 0 Å². The fourth-order valence-electron chi connectivity index (χ4n) is 2.39. The molecule has 0 unspecified atom stereocenters. The van der Waals surface area contributed by atoms with Gasteiger partial charge in [0.2, 0.25) is 0 Å². The Morgan fingerprint density at radius 2 is 2.20 bits per heavy atom. The summed E-state index contributed by atoms with van der Waals surface area (Å²) in [4.78, 5) is 1.47. The fraction of sp³-hybridized carbons (Fsp3) is 0.500. The van der Waals surface area contributed by atoms with E-state index in [1.807, 2.05) is 0 Å². The molecule has 0 bridgehead atoms. The quantitative estimate of drug-likeness (QED) is 0.639. The lowest BCUT2D eigenvalue weighted by molar-refractivity contribution is -0.912. The molecular formula is C12H20N2O+2. The van der Waals surface area contributed by atoms with Gasteiger partial charge in [-0.25, -0.2) is 0 Å². The summed E-state index contributed by atoms with van der Waals surface area (Å²) in [6.45, 7) is 2.23. The molecule has 1 aromatic carbocycles. The van der Waals surface area contributed by atoms with Crippen LogP contribution >= 0.6 is 0 Å². The number of hydrogen-bond acceptors (Lipinski definition) is 1. The minimum atomic E-state index is 0.546. The molecule has 1 aliphatic rings. The fourth-order valence-corrected chi connectivity index (χ4v) is 2.39. The molecule has 0 aromatic heterocycles. The molecule has 15 heavy (non-hydrogen) atoms. The molecule has 82 valence electrons. The maximum Gasteiger partial charge on any atom is 0.166 e. The molecule has 3 N–H and O–H groups in total. The van der Waals surface area contributed by atoms with E-state index in [9.17, 15) is 0 Å². The van der Waals surface area contributed by atoms with Crippen LogP contribution in [0.5, 0.6) is 5.75 Å². The first-order valence-electron chi connectivity index (χ1n) is 5.51. The van der Waals surface area contributed by atoms with Crippen molar-refractivity contribution in [3.63, 3.8) is 0 Å². The maximum absolute atomic E-state index is 5.47. The van der Waals surface area contributed by atoms with E-state index >= 15 is 0 Å². The van der Waals surface area contributed by atoms with Crippen LogP contribution in [-0.2, 0) is 6.54 Å². The third kappa shape index (κ3) is 1.85. The Kier molecular flexibility index (Phi) is 2.93. The molecule has 0 amide bonds. The van der Waals surface area contributed by atoms with Gasteiger partial charge < -0.3 is 15.0 Å². The summed E-state index contributed by atoms with van der Waals surface area (Å²) in [6.07, 6.45) is 0. The van der Waals surface area contributed by atoms with Gasteiger partial charge in [0.15, 0.2) is 6.04 Å². The number of fused-ring (bicyclic) bond motifs is 1. The third-order valence-corrected chi connectivity index (χ3v) is 3.19. The van der Waals surface area contributed by atoms with Crippen molar-refractivity contribution in [1.29, 1.82) is 0 Å². The van der Waals surface area contributed by atoms with Crippen LogP contribution in [0.25, 0.3) is 0 Å². The number of ether oxygens (including phenoxy) is 1. The number of nitrogens with one attached hydrogen (secondary N) is 1. The molecular weight excluding hydrogens is 188 g/mol. The number of nitrogens with two attached hydrogens (primary N) is 1. The van der Waals surface area contributed by atoms with Gasteiger partial charge in [-0.1, -0.05) is 12.1 Å². The standard InChI is InChI=1S/C12H18N2O/c1-14(2)10-8-13-7-9-5-4-6-11(15-3)12(9)10/h4-6,10,13H,7-8H2,1-3H3/p+2/t10-/m0/s1. The Morgan fingerprint density at radius 3 is 2.87 bits per heavy atom. The second kappa shape index (κ2) is 4.21. The molecule has 1 aliphatic heterocycles. The van der Waals surface area contributed by atoms with Crippen LogP contribution in [-0.4, -0.2) is 27.7 Å². The van der Waals surface area contributed by atoms with Gasteiger partial charge in [0.25, 0.3) is 0 Å². The monoisotopic (exact) mass is 208 g/mol. The normalized spacial score (nSPS) is 20.1. The molecule has 3 heteroatoms. The Balaban J connectivity index is 2.47. The van der Waals surface area contributed by atoms with Gasteiger partial charge in [0.1, 0.15) is 18.8 Å². The molecule has 1 heterocycles. The first kappa shape index (κ1) is 10.5. The number of rotatable bonds is 2. The molecule has 0 saturated carbocycles. The van der Waals surface area contributed by atoms with Crippen molar-refractivity contribution in [3.8, 4) is 5.75 Å². The van der Waals surface area contributed by atoms with E-state index < -0.39 is 0 Å². The summed E-state index contributed by atoms with van der Waals surface area (Å²) in [6, 6.07) is 6.91. The molecule has 3 nitrogen and oxygen atoms in total. The van der Waals surface area contributed by atoms with E-state index in [0.29, 0.717) is 6.04 Å². The predicted molar refractivity (Wildman–Crippen MR) is 59.0 cm³/mol. The van der Waals surface area contributed by atoms with Gasteiger partial charge in [0.05, 0.1) is 26.8 Å². The van der Waals surface area contributed by atoms with Crippen molar-refractivity contribution >= 4 is 0 Å². The molecule has 1 atom stereocenters. The van der Waals surface area contributed by atoms with Gasteiger partial charge >= 0.3 is 0 Å². The molecule has 2 rings (SSSR count). The summed E-state index contributed by atoms with van der Waals surface area (Å²) in [7, 11) is 6.18. The van der Waals surface area contributed by atoms with Crippen molar-refractivity contribution in [3.05, 3.63) is 29.3 Å². The van der Waals surface area contributed by atoms with E-state index in [1.54, 1.807) is 7.11 Å². The van der Waals surface area contributed by atoms with Gasteiger partial charge in [-0.05, 0) is 6.07 Å². The third-order valence-electron chi connectivity index (χ3n) is 3.19. The van der Waals surface area contributed by atoms with Crippen LogP contribution in [0.4, 0.5) is 0 Å². The minimum Gasteiger partial charge on any atom is -0.496 e. The highest BCUT2D eigenvalue weighted by atomic mass is 16.5. The average molecular weight is 208 g/mol. The van der Waals surface area contributed by atoms with E-state index in [0.717, 1.165) is 18.8 Å². The van der Waals surface area contributed by atoms with Gasteiger partial charge in [-0.2, -0.15) is 0 Å². The second-order valence-electron chi connectivity index (χ2n) is 4.39. The van der Waals surface area contributed by atoms with Crippen molar-refractivity contribution < 1.29 is 15.0 Å². The molecule has 0 saturated heterocycles. The van der Waals surface area contributed by atoms with E-state index in [1.165, 1.54) is 16.0 Å². The van der Waals surface area contributed by atoms with E-state index in [-0.39, 0.29) is 0 Å². The topological polar surface area (TPSA) is 30.3 Å². The Hall–Kier alpha value is -1.06.